The molecule has 120 valence electrons. The Morgan fingerprint density at radius 2 is 2.14 bits per heavy atom. The lowest BCUT2D eigenvalue weighted by molar-refractivity contribution is -0.687. The molecule has 1 fully saturated rings. The number of ether oxygens (including phenoxy) is 1. The van der Waals surface area contributed by atoms with Crippen molar-refractivity contribution in [3.8, 4) is 0 Å². The average molecular weight is 310 g/mol. The molecule has 22 heavy (non-hydrogen) atoms. The summed E-state index contributed by atoms with van der Waals surface area (Å²) in [6.45, 7) is 1.18. The molecule has 2 atom stereocenters. The smallest absolute Gasteiger partial charge is 0.230 e. The summed E-state index contributed by atoms with van der Waals surface area (Å²) < 4.78 is 18.2. The van der Waals surface area contributed by atoms with Crippen molar-refractivity contribution in [2.45, 2.75) is 31.4 Å². The van der Waals surface area contributed by atoms with Gasteiger partial charge in [0.2, 0.25) is 5.91 Å². The number of anilines is 1. The van der Waals surface area contributed by atoms with E-state index < -0.39 is 23.7 Å². The molecule has 1 saturated heterocycles. The molecule has 0 aliphatic carbocycles. The minimum atomic E-state index is -1.28. The molecule has 1 amide bonds. The molecule has 0 saturated carbocycles. The van der Waals surface area contributed by atoms with Gasteiger partial charge < -0.3 is 25.3 Å². The Morgan fingerprint density at radius 3 is 2.73 bits per heavy atom. The first-order valence-corrected chi connectivity index (χ1v) is 7.26. The van der Waals surface area contributed by atoms with E-state index in [1.54, 1.807) is 5.32 Å². The Hall–Kier alpha value is -1.99. The molecular weight excluding hydrogens is 291 g/mol. The van der Waals surface area contributed by atoms with Crippen LogP contribution in [0.15, 0.2) is 24.3 Å². The quantitative estimate of drug-likeness (QED) is 0.676. The van der Waals surface area contributed by atoms with Gasteiger partial charge in [0, 0.05) is 12.3 Å². The molecule has 2 rings (SSSR count). The number of amides is 1. The number of nitrogens with one attached hydrogen (secondary N) is 1. The highest BCUT2D eigenvalue weighted by atomic mass is 19.1. The molecule has 6 nitrogen and oxygen atoms in total. The molecule has 1 aliphatic heterocycles. The second-order valence-electron chi connectivity index (χ2n) is 5.29. The van der Waals surface area contributed by atoms with E-state index in [4.69, 9.17) is 4.74 Å². The molecule has 0 unspecified atom stereocenters. The molecule has 0 aromatic heterocycles. The third kappa shape index (κ3) is 5.09. The van der Waals surface area contributed by atoms with E-state index in [9.17, 15) is 19.1 Å². The van der Waals surface area contributed by atoms with Crippen molar-refractivity contribution in [3.05, 3.63) is 30.1 Å². The maximum atomic E-state index is 12.8. The predicted octanol–water partition coefficient (Wildman–Crippen LogP) is -0.985. The van der Waals surface area contributed by atoms with Crippen molar-refractivity contribution in [2.75, 3.05) is 18.5 Å². The van der Waals surface area contributed by atoms with Gasteiger partial charge in [-0.3, -0.25) is 4.79 Å². The van der Waals surface area contributed by atoms with Gasteiger partial charge in [0.25, 0.3) is 0 Å². The Morgan fingerprint density at radius 1 is 1.41 bits per heavy atom. The molecule has 0 bridgehead atoms. The summed E-state index contributed by atoms with van der Waals surface area (Å²) in [4.78, 5) is 23.0. The molecule has 1 aromatic carbocycles. The van der Waals surface area contributed by atoms with Crippen LogP contribution in [0.3, 0.4) is 0 Å². The summed E-state index contributed by atoms with van der Waals surface area (Å²) in [5.74, 6) is -2.15. The Balaban J connectivity index is 1.82. The summed E-state index contributed by atoms with van der Waals surface area (Å²) in [6, 6.07) is 4.30. The largest absolute Gasteiger partial charge is 0.544 e. The minimum absolute atomic E-state index is 0.0296. The predicted molar refractivity (Wildman–Crippen MR) is 74.2 cm³/mol. The molecule has 0 radical (unpaired) electrons. The third-order valence-corrected chi connectivity index (χ3v) is 3.54. The zero-order valence-corrected chi connectivity index (χ0v) is 12.1. The first kappa shape index (κ1) is 16.4. The Labute approximate surface area is 127 Å². The molecule has 1 aromatic rings. The Kier molecular flexibility index (Phi) is 5.85. The fourth-order valence-electron chi connectivity index (χ4n) is 2.35. The van der Waals surface area contributed by atoms with Crippen LogP contribution in [-0.2, 0) is 14.3 Å². The topological polar surface area (TPSA) is 95.1 Å². The van der Waals surface area contributed by atoms with Crippen LogP contribution >= 0.6 is 0 Å². The Bertz CT molecular complexity index is 515. The molecule has 1 heterocycles. The number of carboxylic acids is 1. The van der Waals surface area contributed by atoms with E-state index in [0.717, 1.165) is 12.8 Å². The van der Waals surface area contributed by atoms with Crippen molar-refractivity contribution in [1.82, 2.24) is 0 Å². The van der Waals surface area contributed by atoms with Gasteiger partial charge in [0.15, 0.2) is 0 Å². The van der Waals surface area contributed by atoms with Gasteiger partial charge in [-0.05, 0) is 37.1 Å². The summed E-state index contributed by atoms with van der Waals surface area (Å²) in [7, 11) is 0. The number of rotatable bonds is 7. The van der Waals surface area contributed by atoms with Crippen LogP contribution in [0.4, 0.5) is 10.1 Å². The van der Waals surface area contributed by atoms with E-state index in [1.807, 2.05) is 0 Å². The van der Waals surface area contributed by atoms with Crippen molar-refractivity contribution in [1.29, 1.82) is 0 Å². The second-order valence-corrected chi connectivity index (χ2v) is 5.29. The van der Waals surface area contributed by atoms with Crippen LogP contribution in [0.5, 0.6) is 0 Å². The standard InChI is InChI=1S/C15H19FN2O4/c16-10-3-5-11(6-4-10)18-14(19)8-13(15(20)21)17-9-12-2-1-7-22-12/h3-6,12-13,17H,1-2,7-9H2,(H,18,19)(H,20,21)/t12-,13+/m1/s1. The maximum Gasteiger partial charge on any atom is 0.230 e. The number of benzene rings is 1. The number of carbonyl (C=O) groups excluding carboxylic acids is 2. The van der Waals surface area contributed by atoms with Gasteiger partial charge in [0.1, 0.15) is 24.5 Å². The third-order valence-electron chi connectivity index (χ3n) is 3.54. The fraction of sp³-hybridized carbons (Fsp3) is 0.467. The van der Waals surface area contributed by atoms with Gasteiger partial charge in [-0.15, -0.1) is 0 Å². The molecule has 7 heteroatoms. The maximum absolute atomic E-state index is 12.8. The first-order chi connectivity index (χ1) is 10.5. The lowest BCUT2D eigenvalue weighted by atomic mass is 10.1. The number of quaternary nitrogens is 1. The van der Waals surface area contributed by atoms with Crippen molar-refractivity contribution >= 4 is 17.6 Å². The van der Waals surface area contributed by atoms with Crippen LogP contribution in [0, 0.1) is 5.82 Å². The van der Waals surface area contributed by atoms with E-state index in [1.165, 1.54) is 24.3 Å². The number of halogens is 1. The number of aliphatic carboxylic acids is 1. The molecular formula is C15H19FN2O4. The highest BCUT2D eigenvalue weighted by molar-refractivity contribution is 5.93. The van der Waals surface area contributed by atoms with Gasteiger partial charge in [-0.1, -0.05) is 0 Å². The van der Waals surface area contributed by atoms with Crippen LogP contribution in [-0.4, -0.2) is 37.2 Å². The SMILES string of the molecule is O=C(C[C@H]([NH2+]C[C@H]1CCCO1)C(=O)[O-])Nc1ccc(F)cc1. The zero-order valence-electron chi connectivity index (χ0n) is 12.1. The van der Waals surface area contributed by atoms with Gasteiger partial charge in [-0.25, -0.2) is 4.39 Å². The summed E-state index contributed by atoms with van der Waals surface area (Å²) >= 11 is 0. The van der Waals surface area contributed by atoms with Crippen LogP contribution < -0.4 is 15.7 Å². The minimum Gasteiger partial charge on any atom is -0.544 e. The van der Waals surface area contributed by atoms with E-state index in [2.05, 4.69) is 5.32 Å². The second kappa shape index (κ2) is 7.86. The first-order valence-electron chi connectivity index (χ1n) is 7.26. The van der Waals surface area contributed by atoms with E-state index in [-0.39, 0.29) is 12.5 Å². The monoisotopic (exact) mass is 310 g/mol. The average Bonchev–Trinajstić information content (AvgIpc) is 2.99. The summed E-state index contributed by atoms with van der Waals surface area (Å²) in [6.07, 6.45) is 1.69. The lowest BCUT2D eigenvalue weighted by Crippen LogP contribution is -2.94. The summed E-state index contributed by atoms with van der Waals surface area (Å²) in [5, 5.41) is 15.2. The van der Waals surface area contributed by atoms with Crippen LogP contribution in [0.25, 0.3) is 0 Å². The van der Waals surface area contributed by atoms with Crippen LogP contribution in [0.1, 0.15) is 19.3 Å². The van der Waals surface area contributed by atoms with Crippen molar-refractivity contribution < 1.29 is 29.1 Å². The highest BCUT2D eigenvalue weighted by Gasteiger charge is 2.23. The van der Waals surface area contributed by atoms with Gasteiger partial charge >= 0.3 is 0 Å². The van der Waals surface area contributed by atoms with Crippen LogP contribution in [0.2, 0.25) is 0 Å². The summed E-state index contributed by atoms with van der Waals surface area (Å²) in [5.41, 5.74) is 0.419. The van der Waals surface area contributed by atoms with E-state index >= 15 is 0 Å². The van der Waals surface area contributed by atoms with Gasteiger partial charge in [-0.2, -0.15) is 0 Å². The lowest BCUT2D eigenvalue weighted by Gasteiger charge is -2.18. The number of nitrogens with two attached hydrogens (primary N) is 1. The highest BCUT2D eigenvalue weighted by Crippen LogP contribution is 2.10. The normalized spacial score (nSPS) is 18.9. The van der Waals surface area contributed by atoms with Gasteiger partial charge in [0.05, 0.1) is 12.4 Å². The number of carboxylic acid groups (broad SMARTS) is 1. The molecule has 3 N–H and O–H groups in total. The van der Waals surface area contributed by atoms with E-state index in [0.29, 0.717) is 18.8 Å². The number of carbonyl (C=O) groups is 2. The molecule has 0 spiro atoms. The zero-order chi connectivity index (χ0) is 15.9. The van der Waals surface area contributed by atoms with Crippen molar-refractivity contribution in [3.63, 3.8) is 0 Å². The number of hydrogen-bond donors (Lipinski definition) is 2. The fourth-order valence-corrected chi connectivity index (χ4v) is 2.35. The number of hydrogen-bond acceptors (Lipinski definition) is 4. The molecule has 1 aliphatic rings. The van der Waals surface area contributed by atoms with Crippen molar-refractivity contribution in [2.24, 2.45) is 0 Å².